The predicted molar refractivity (Wildman–Crippen MR) is 68.9 cm³/mol. The van der Waals surface area contributed by atoms with Crippen LogP contribution in [0, 0.1) is 0 Å². The molecule has 86 valence electrons. The molecule has 2 aromatic rings. The second-order valence-electron chi connectivity index (χ2n) is 3.66. The minimum Gasteiger partial charge on any atom is -0.382 e. The topological polar surface area (TPSA) is 56.0 Å². The summed E-state index contributed by atoms with van der Waals surface area (Å²) in [7, 11) is 0. The molecule has 0 saturated heterocycles. The molecule has 2 N–H and O–H groups in total. The maximum Gasteiger partial charge on any atom is 0.142 e. The van der Waals surface area contributed by atoms with Crippen molar-refractivity contribution in [3.05, 3.63) is 47.1 Å². The van der Waals surface area contributed by atoms with Crippen molar-refractivity contribution in [2.45, 2.75) is 6.42 Å². The van der Waals surface area contributed by atoms with Crippen LogP contribution in [-0.4, -0.2) is 11.3 Å². The van der Waals surface area contributed by atoms with Gasteiger partial charge in [-0.05, 0) is 17.2 Å². The number of hydrogen-bond acceptors (Lipinski definition) is 3. The second kappa shape index (κ2) is 4.97. The molecule has 0 aliphatic rings. The normalized spacial score (nSPS) is 10.2. The molecule has 0 radical (unpaired) electrons. The van der Waals surface area contributed by atoms with Gasteiger partial charge in [-0.15, -0.1) is 0 Å². The average molecular weight is 247 g/mol. The van der Waals surface area contributed by atoms with Gasteiger partial charge in [0.2, 0.25) is 0 Å². The highest BCUT2D eigenvalue weighted by molar-refractivity contribution is 6.33. The van der Waals surface area contributed by atoms with Crippen LogP contribution in [0.15, 0.2) is 36.5 Å². The molecule has 0 bridgehead atoms. The molecule has 4 heteroatoms. The van der Waals surface area contributed by atoms with E-state index in [1.807, 2.05) is 24.3 Å². The highest BCUT2D eigenvalue weighted by Gasteiger charge is 2.02. The highest BCUT2D eigenvalue weighted by atomic mass is 35.5. The Kier molecular flexibility index (Phi) is 3.40. The molecule has 0 unspecified atom stereocenters. The quantitative estimate of drug-likeness (QED) is 0.848. The van der Waals surface area contributed by atoms with Gasteiger partial charge in [-0.25, -0.2) is 4.98 Å². The van der Waals surface area contributed by atoms with Gasteiger partial charge in [0, 0.05) is 18.2 Å². The van der Waals surface area contributed by atoms with Crippen LogP contribution in [0.5, 0.6) is 0 Å². The first-order valence-corrected chi connectivity index (χ1v) is 5.52. The third-order valence-electron chi connectivity index (χ3n) is 2.48. The molecule has 3 nitrogen and oxygen atoms in total. The Morgan fingerprint density at radius 3 is 2.53 bits per heavy atom. The Labute approximate surface area is 104 Å². The molecule has 0 spiro atoms. The summed E-state index contributed by atoms with van der Waals surface area (Å²) in [6.07, 6.45) is 2.99. The van der Waals surface area contributed by atoms with Crippen LogP contribution in [0.2, 0.25) is 5.02 Å². The van der Waals surface area contributed by atoms with E-state index in [2.05, 4.69) is 4.98 Å². The van der Waals surface area contributed by atoms with Crippen molar-refractivity contribution in [1.29, 1.82) is 0 Å². The summed E-state index contributed by atoms with van der Waals surface area (Å²) in [6.45, 7) is 0. The van der Waals surface area contributed by atoms with E-state index in [1.54, 1.807) is 12.3 Å². The summed E-state index contributed by atoms with van der Waals surface area (Å²) in [5, 5.41) is 0.444. The summed E-state index contributed by atoms with van der Waals surface area (Å²) in [6, 6.07) is 9.46. The van der Waals surface area contributed by atoms with Crippen LogP contribution in [0.4, 0.5) is 5.82 Å². The van der Waals surface area contributed by atoms with Crippen molar-refractivity contribution < 1.29 is 4.79 Å². The first-order chi connectivity index (χ1) is 8.20. The van der Waals surface area contributed by atoms with Gasteiger partial charge in [-0.2, -0.15) is 0 Å². The standard InChI is InChI=1S/C13H11ClN2O/c14-12-7-11(8-16-13(12)15)10-3-1-9(2-4-10)5-6-17/h1-4,6-8H,5H2,(H2,15,16). The number of nitrogen functional groups attached to an aromatic ring is 1. The van der Waals surface area contributed by atoms with E-state index < -0.39 is 0 Å². The van der Waals surface area contributed by atoms with Gasteiger partial charge in [-0.3, -0.25) is 0 Å². The molecule has 0 aliphatic carbocycles. The summed E-state index contributed by atoms with van der Waals surface area (Å²) in [5.74, 6) is 0.327. The van der Waals surface area contributed by atoms with Crippen molar-refractivity contribution >= 4 is 23.7 Å². The first kappa shape index (κ1) is 11.6. The number of aromatic nitrogens is 1. The van der Waals surface area contributed by atoms with Gasteiger partial charge in [0.05, 0.1) is 5.02 Å². The van der Waals surface area contributed by atoms with E-state index >= 15 is 0 Å². The SMILES string of the molecule is Nc1ncc(-c2ccc(CC=O)cc2)cc1Cl. The van der Waals surface area contributed by atoms with Crippen LogP contribution in [0.3, 0.4) is 0 Å². The zero-order valence-electron chi connectivity index (χ0n) is 9.06. The molecule has 2 rings (SSSR count). The van der Waals surface area contributed by atoms with E-state index in [0.717, 1.165) is 23.0 Å². The fourth-order valence-electron chi connectivity index (χ4n) is 1.54. The zero-order chi connectivity index (χ0) is 12.3. The first-order valence-electron chi connectivity index (χ1n) is 5.14. The smallest absolute Gasteiger partial charge is 0.142 e. The number of benzene rings is 1. The molecule has 1 aromatic carbocycles. The third kappa shape index (κ3) is 2.63. The maximum absolute atomic E-state index is 10.4. The molecule has 1 aromatic heterocycles. The van der Waals surface area contributed by atoms with E-state index in [0.29, 0.717) is 17.3 Å². The summed E-state index contributed by atoms with van der Waals surface area (Å²) in [5.41, 5.74) is 8.43. The molecular weight excluding hydrogens is 236 g/mol. The maximum atomic E-state index is 10.4. The lowest BCUT2D eigenvalue weighted by molar-refractivity contribution is -0.107. The summed E-state index contributed by atoms with van der Waals surface area (Å²) in [4.78, 5) is 14.4. The lowest BCUT2D eigenvalue weighted by atomic mass is 10.0. The largest absolute Gasteiger partial charge is 0.382 e. The van der Waals surface area contributed by atoms with Gasteiger partial charge in [-0.1, -0.05) is 35.9 Å². The number of aldehydes is 1. The van der Waals surface area contributed by atoms with Gasteiger partial charge in [0.25, 0.3) is 0 Å². The molecular formula is C13H11ClN2O. The molecule has 0 saturated carbocycles. The number of hydrogen-bond donors (Lipinski definition) is 1. The van der Waals surface area contributed by atoms with Gasteiger partial charge in [0.15, 0.2) is 0 Å². The van der Waals surface area contributed by atoms with E-state index in [1.165, 1.54) is 0 Å². The molecule has 17 heavy (non-hydrogen) atoms. The number of halogens is 1. The Balaban J connectivity index is 2.32. The van der Waals surface area contributed by atoms with Crippen LogP contribution < -0.4 is 5.73 Å². The Morgan fingerprint density at radius 2 is 1.94 bits per heavy atom. The molecule has 0 aliphatic heterocycles. The third-order valence-corrected chi connectivity index (χ3v) is 2.78. The van der Waals surface area contributed by atoms with Crippen molar-refractivity contribution in [1.82, 2.24) is 4.98 Å². The van der Waals surface area contributed by atoms with Crippen LogP contribution in [-0.2, 0) is 11.2 Å². The van der Waals surface area contributed by atoms with Gasteiger partial charge in [0.1, 0.15) is 12.1 Å². The fraction of sp³-hybridized carbons (Fsp3) is 0.0769. The minimum atomic E-state index is 0.327. The van der Waals surface area contributed by atoms with E-state index in [-0.39, 0.29) is 0 Å². The Hall–Kier alpha value is -1.87. The van der Waals surface area contributed by atoms with Crippen molar-refractivity contribution in [2.75, 3.05) is 5.73 Å². The Morgan fingerprint density at radius 1 is 1.24 bits per heavy atom. The van der Waals surface area contributed by atoms with Crippen molar-refractivity contribution in [2.24, 2.45) is 0 Å². The molecule has 0 atom stereocenters. The zero-order valence-corrected chi connectivity index (χ0v) is 9.82. The van der Waals surface area contributed by atoms with E-state index in [4.69, 9.17) is 17.3 Å². The number of pyridine rings is 1. The van der Waals surface area contributed by atoms with Crippen LogP contribution in [0.25, 0.3) is 11.1 Å². The van der Waals surface area contributed by atoms with Crippen LogP contribution >= 0.6 is 11.6 Å². The number of rotatable bonds is 3. The number of anilines is 1. The molecule has 0 amide bonds. The average Bonchev–Trinajstić information content (AvgIpc) is 2.34. The van der Waals surface area contributed by atoms with Gasteiger partial charge < -0.3 is 10.5 Å². The predicted octanol–water partition coefficient (Wildman–Crippen LogP) is 2.73. The fourth-order valence-corrected chi connectivity index (χ4v) is 1.70. The second-order valence-corrected chi connectivity index (χ2v) is 4.07. The molecule has 1 heterocycles. The highest BCUT2D eigenvalue weighted by Crippen LogP contribution is 2.25. The number of nitrogens with two attached hydrogens (primary N) is 1. The molecule has 0 fully saturated rings. The Bertz CT molecular complexity index is 538. The number of nitrogens with zero attached hydrogens (tertiary/aromatic N) is 1. The number of carbonyl (C=O) groups is 1. The number of carbonyl (C=O) groups excluding carboxylic acids is 1. The lowest BCUT2D eigenvalue weighted by Crippen LogP contribution is -1.91. The van der Waals surface area contributed by atoms with Crippen molar-refractivity contribution in [3.63, 3.8) is 0 Å². The summed E-state index contributed by atoms with van der Waals surface area (Å²) < 4.78 is 0. The van der Waals surface area contributed by atoms with E-state index in [9.17, 15) is 4.79 Å². The summed E-state index contributed by atoms with van der Waals surface area (Å²) >= 11 is 5.91. The monoisotopic (exact) mass is 246 g/mol. The van der Waals surface area contributed by atoms with Crippen molar-refractivity contribution in [3.8, 4) is 11.1 Å². The van der Waals surface area contributed by atoms with Gasteiger partial charge >= 0.3 is 0 Å². The minimum absolute atomic E-state index is 0.327. The van der Waals surface area contributed by atoms with Crippen LogP contribution in [0.1, 0.15) is 5.56 Å². The lowest BCUT2D eigenvalue weighted by Gasteiger charge is -2.04.